The molecule has 0 aromatic carbocycles. The SMILES string of the molecule is CCOC(=O)NC(=S)Nc1sc2c(c1C(=O)OCC)CCSC2. The highest BCUT2D eigenvalue weighted by Crippen LogP contribution is 2.39. The average Bonchev–Trinajstić information content (AvgIpc) is 2.85. The van der Waals surface area contributed by atoms with Crippen LogP contribution in [0.15, 0.2) is 0 Å². The third-order valence-electron chi connectivity index (χ3n) is 3.02. The maximum Gasteiger partial charge on any atom is 0.413 e. The summed E-state index contributed by atoms with van der Waals surface area (Å²) < 4.78 is 9.94. The lowest BCUT2D eigenvalue weighted by Gasteiger charge is -2.12. The molecule has 0 atom stereocenters. The van der Waals surface area contributed by atoms with Crippen molar-refractivity contribution in [3.05, 3.63) is 16.0 Å². The van der Waals surface area contributed by atoms with E-state index in [1.54, 1.807) is 13.8 Å². The van der Waals surface area contributed by atoms with Crippen molar-refractivity contribution >= 4 is 57.5 Å². The molecule has 0 saturated carbocycles. The minimum Gasteiger partial charge on any atom is -0.462 e. The Balaban J connectivity index is 2.20. The fraction of sp³-hybridized carbons (Fsp3) is 0.500. The molecular weight excluding hydrogens is 356 g/mol. The van der Waals surface area contributed by atoms with Gasteiger partial charge < -0.3 is 14.8 Å². The smallest absolute Gasteiger partial charge is 0.413 e. The summed E-state index contributed by atoms with van der Waals surface area (Å²) in [6, 6.07) is 0. The first-order valence-corrected chi connectivity index (χ1v) is 9.58. The molecule has 0 fully saturated rings. The summed E-state index contributed by atoms with van der Waals surface area (Å²) in [7, 11) is 0. The minimum atomic E-state index is -0.625. The van der Waals surface area contributed by atoms with Crippen LogP contribution in [-0.2, 0) is 21.6 Å². The Morgan fingerprint density at radius 3 is 2.70 bits per heavy atom. The predicted octanol–water partition coefficient (Wildman–Crippen LogP) is 3.16. The second kappa shape index (κ2) is 8.51. The van der Waals surface area contributed by atoms with E-state index in [-0.39, 0.29) is 17.7 Å². The molecule has 2 rings (SSSR count). The summed E-state index contributed by atoms with van der Waals surface area (Å²) in [6.45, 7) is 4.04. The Morgan fingerprint density at radius 2 is 2.00 bits per heavy atom. The fourth-order valence-electron chi connectivity index (χ4n) is 2.13. The van der Waals surface area contributed by atoms with Gasteiger partial charge in [-0.25, -0.2) is 9.59 Å². The van der Waals surface area contributed by atoms with Gasteiger partial charge >= 0.3 is 12.1 Å². The molecule has 2 N–H and O–H groups in total. The molecule has 0 bridgehead atoms. The van der Waals surface area contributed by atoms with E-state index in [1.807, 2.05) is 11.8 Å². The summed E-state index contributed by atoms with van der Waals surface area (Å²) >= 11 is 8.41. The molecule has 0 aliphatic carbocycles. The number of alkyl carbamates (subject to hydrolysis) is 1. The van der Waals surface area contributed by atoms with Gasteiger partial charge in [-0.2, -0.15) is 11.8 Å². The maximum absolute atomic E-state index is 12.3. The van der Waals surface area contributed by atoms with Gasteiger partial charge in [0.15, 0.2) is 5.11 Å². The predicted molar refractivity (Wildman–Crippen MR) is 96.5 cm³/mol. The largest absolute Gasteiger partial charge is 0.462 e. The lowest BCUT2D eigenvalue weighted by atomic mass is 10.1. The number of hydrogen-bond donors (Lipinski definition) is 2. The van der Waals surface area contributed by atoms with Gasteiger partial charge in [0.2, 0.25) is 0 Å². The zero-order chi connectivity index (χ0) is 16.8. The second-order valence-electron chi connectivity index (χ2n) is 4.53. The molecule has 23 heavy (non-hydrogen) atoms. The Hall–Kier alpha value is -1.32. The first-order chi connectivity index (χ1) is 11.1. The highest BCUT2D eigenvalue weighted by molar-refractivity contribution is 7.98. The maximum atomic E-state index is 12.3. The summed E-state index contributed by atoms with van der Waals surface area (Å²) in [5.74, 6) is 1.48. The van der Waals surface area contributed by atoms with Gasteiger partial charge in [0, 0.05) is 10.6 Å². The summed E-state index contributed by atoms with van der Waals surface area (Å²) in [5, 5.41) is 6.05. The van der Waals surface area contributed by atoms with E-state index in [2.05, 4.69) is 10.6 Å². The van der Waals surface area contributed by atoms with Crippen molar-refractivity contribution in [3.8, 4) is 0 Å². The minimum absolute atomic E-state index is 0.0975. The van der Waals surface area contributed by atoms with Crippen LogP contribution >= 0.6 is 35.3 Å². The molecule has 6 nitrogen and oxygen atoms in total. The van der Waals surface area contributed by atoms with Crippen molar-refractivity contribution in [1.29, 1.82) is 0 Å². The standard InChI is InChI=1S/C14H18N2O4S3/c1-3-19-12(17)10-8-5-6-22-7-9(8)23-11(10)15-13(21)16-14(18)20-4-2/h3-7H2,1-2H3,(H2,15,16,18,21). The van der Waals surface area contributed by atoms with Gasteiger partial charge in [-0.1, -0.05) is 0 Å². The molecule has 0 saturated heterocycles. The van der Waals surface area contributed by atoms with Gasteiger partial charge in [0.05, 0.1) is 18.8 Å². The van der Waals surface area contributed by atoms with Crippen molar-refractivity contribution in [2.24, 2.45) is 0 Å². The van der Waals surface area contributed by atoms with Crippen molar-refractivity contribution in [1.82, 2.24) is 5.32 Å². The molecule has 0 unspecified atom stereocenters. The molecule has 1 aliphatic heterocycles. The van der Waals surface area contributed by atoms with Crippen molar-refractivity contribution in [2.45, 2.75) is 26.0 Å². The number of thiophene rings is 1. The van der Waals surface area contributed by atoms with Crippen LogP contribution in [0.25, 0.3) is 0 Å². The van der Waals surface area contributed by atoms with Crippen LogP contribution in [-0.4, -0.2) is 36.1 Å². The molecule has 1 aromatic rings. The quantitative estimate of drug-likeness (QED) is 0.619. The first kappa shape index (κ1) is 18.0. The molecule has 0 radical (unpaired) electrons. The van der Waals surface area contributed by atoms with Crippen LogP contribution in [0, 0.1) is 0 Å². The van der Waals surface area contributed by atoms with Crippen LogP contribution in [0.3, 0.4) is 0 Å². The van der Waals surface area contributed by atoms with Gasteiger partial charge in [-0.15, -0.1) is 11.3 Å². The Morgan fingerprint density at radius 1 is 1.26 bits per heavy atom. The Labute approximate surface area is 148 Å². The Bertz CT molecular complexity index is 615. The molecule has 1 aliphatic rings. The zero-order valence-corrected chi connectivity index (χ0v) is 15.3. The molecule has 0 spiro atoms. The molecular formula is C14H18N2O4S3. The van der Waals surface area contributed by atoms with E-state index >= 15 is 0 Å². The van der Waals surface area contributed by atoms with E-state index in [0.717, 1.165) is 28.4 Å². The normalized spacial score (nSPS) is 13.0. The first-order valence-electron chi connectivity index (χ1n) is 7.20. The summed E-state index contributed by atoms with van der Waals surface area (Å²) in [5.41, 5.74) is 1.55. The number of hydrogen-bond acceptors (Lipinski definition) is 7. The van der Waals surface area contributed by atoms with Gasteiger partial charge in [-0.3, -0.25) is 5.32 Å². The Kier molecular flexibility index (Phi) is 6.67. The monoisotopic (exact) mass is 374 g/mol. The number of fused-ring (bicyclic) bond motifs is 1. The van der Waals surface area contributed by atoms with Crippen LogP contribution in [0.2, 0.25) is 0 Å². The molecule has 9 heteroatoms. The van der Waals surface area contributed by atoms with E-state index in [9.17, 15) is 9.59 Å². The number of thioether (sulfide) groups is 1. The molecule has 1 amide bonds. The fourth-order valence-corrected chi connectivity index (χ4v) is 4.76. The lowest BCUT2D eigenvalue weighted by molar-refractivity contribution is 0.0527. The topological polar surface area (TPSA) is 76.7 Å². The van der Waals surface area contributed by atoms with Crippen molar-refractivity contribution in [2.75, 3.05) is 24.3 Å². The number of rotatable bonds is 4. The van der Waals surface area contributed by atoms with Crippen LogP contribution < -0.4 is 10.6 Å². The van der Waals surface area contributed by atoms with Crippen LogP contribution in [0.1, 0.15) is 34.6 Å². The molecule has 2 heterocycles. The van der Waals surface area contributed by atoms with E-state index < -0.39 is 6.09 Å². The number of anilines is 1. The lowest BCUT2D eigenvalue weighted by Crippen LogP contribution is -2.34. The van der Waals surface area contributed by atoms with Gasteiger partial charge in [0.25, 0.3) is 0 Å². The third kappa shape index (κ3) is 4.58. The highest BCUT2D eigenvalue weighted by Gasteiger charge is 2.27. The van der Waals surface area contributed by atoms with Crippen molar-refractivity contribution in [3.63, 3.8) is 0 Å². The second-order valence-corrected chi connectivity index (χ2v) is 7.15. The van der Waals surface area contributed by atoms with E-state index in [4.69, 9.17) is 21.7 Å². The number of ether oxygens (including phenoxy) is 2. The number of carbonyl (C=O) groups excluding carboxylic acids is 2. The van der Waals surface area contributed by atoms with E-state index in [1.165, 1.54) is 11.3 Å². The average molecular weight is 375 g/mol. The summed E-state index contributed by atoms with van der Waals surface area (Å²) in [4.78, 5) is 24.8. The van der Waals surface area contributed by atoms with Gasteiger partial charge in [0.1, 0.15) is 5.00 Å². The molecule has 126 valence electrons. The third-order valence-corrected chi connectivity index (χ3v) is 5.54. The zero-order valence-electron chi connectivity index (χ0n) is 12.9. The molecule has 1 aromatic heterocycles. The number of esters is 1. The van der Waals surface area contributed by atoms with Crippen LogP contribution in [0.5, 0.6) is 0 Å². The number of nitrogens with one attached hydrogen (secondary N) is 2. The van der Waals surface area contributed by atoms with E-state index in [0.29, 0.717) is 17.2 Å². The van der Waals surface area contributed by atoms with Gasteiger partial charge in [-0.05, 0) is 43.8 Å². The number of carbonyl (C=O) groups is 2. The van der Waals surface area contributed by atoms with Crippen molar-refractivity contribution < 1.29 is 19.1 Å². The number of thiocarbonyl (C=S) groups is 1. The number of amides is 1. The summed E-state index contributed by atoms with van der Waals surface area (Å²) in [6.07, 6.45) is 0.198. The highest BCUT2D eigenvalue weighted by atomic mass is 32.2. The van der Waals surface area contributed by atoms with Crippen LogP contribution in [0.4, 0.5) is 9.80 Å².